The minimum atomic E-state index is -0.887. The van der Waals surface area contributed by atoms with Crippen LogP contribution in [0.5, 0.6) is 0 Å². The van der Waals surface area contributed by atoms with Crippen molar-refractivity contribution in [3.05, 3.63) is 29.8 Å². The third kappa shape index (κ3) is 3.62. The van der Waals surface area contributed by atoms with Crippen LogP contribution in [0.3, 0.4) is 0 Å². The van der Waals surface area contributed by atoms with E-state index in [2.05, 4.69) is 19.2 Å². The molecule has 0 fully saturated rings. The van der Waals surface area contributed by atoms with E-state index in [0.717, 1.165) is 18.7 Å². The molecule has 0 heterocycles. The number of carboxylic acid groups (broad SMARTS) is 1. The molecule has 0 bridgehead atoms. The first-order valence-corrected chi connectivity index (χ1v) is 5.20. The maximum Gasteiger partial charge on any atom is 0.335 e. The summed E-state index contributed by atoms with van der Waals surface area (Å²) in [5.74, 6) is -0.291. The van der Waals surface area contributed by atoms with E-state index in [-0.39, 0.29) is 0 Å². The van der Waals surface area contributed by atoms with E-state index in [4.69, 9.17) is 5.11 Å². The molecule has 1 rings (SSSR count). The molecule has 0 aliphatic rings. The molecule has 1 aromatic rings. The summed E-state index contributed by atoms with van der Waals surface area (Å²) in [4.78, 5) is 10.7. The van der Waals surface area contributed by atoms with Gasteiger partial charge in [-0.15, -0.1) is 0 Å². The molecule has 1 unspecified atom stereocenters. The largest absolute Gasteiger partial charge is 0.478 e. The second-order valence-electron chi connectivity index (χ2n) is 3.78. The highest BCUT2D eigenvalue weighted by Gasteiger charge is 2.03. The van der Waals surface area contributed by atoms with Gasteiger partial charge in [-0.25, -0.2) is 4.79 Å². The van der Waals surface area contributed by atoms with Gasteiger partial charge in [-0.2, -0.15) is 0 Å². The Hall–Kier alpha value is -1.51. The number of carboxylic acids is 1. The normalized spacial score (nSPS) is 12.1. The number of rotatable bonds is 5. The predicted octanol–water partition coefficient (Wildman–Crippen LogP) is 2.84. The van der Waals surface area contributed by atoms with E-state index in [1.54, 1.807) is 18.2 Å². The van der Waals surface area contributed by atoms with Crippen LogP contribution in [0.15, 0.2) is 24.3 Å². The molecule has 0 spiro atoms. The predicted molar refractivity (Wildman–Crippen MR) is 61.3 cm³/mol. The Morgan fingerprint density at radius 2 is 2.27 bits per heavy atom. The van der Waals surface area contributed by atoms with Crippen LogP contribution in [0.1, 0.15) is 30.6 Å². The van der Waals surface area contributed by atoms with Crippen molar-refractivity contribution in [2.24, 2.45) is 5.92 Å². The molecule has 15 heavy (non-hydrogen) atoms. The van der Waals surface area contributed by atoms with Gasteiger partial charge in [0, 0.05) is 12.2 Å². The van der Waals surface area contributed by atoms with Gasteiger partial charge >= 0.3 is 5.97 Å². The van der Waals surface area contributed by atoms with Crippen LogP contribution in [0.2, 0.25) is 0 Å². The van der Waals surface area contributed by atoms with Crippen LogP contribution in [0.25, 0.3) is 0 Å². The molecule has 0 aromatic heterocycles. The highest BCUT2D eigenvalue weighted by molar-refractivity contribution is 5.88. The molecule has 3 heteroatoms. The molecule has 0 aliphatic heterocycles. The average Bonchev–Trinajstić information content (AvgIpc) is 2.26. The van der Waals surface area contributed by atoms with Crippen molar-refractivity contribution in [3.8, 4) is 0 Å². The fraction of sp³-hybridized carbons (Fsp3) is 0.417. The standard InChI is InChI=1S/C12H17NO2/c1-3-9(2)8-13-11-6-4-5-10(7-11)12(14)15/h4-7,9,13H,3,8H2,1-2H3,(H,14,15). The van der Waals surface area contributed by atoms with Crippen LogP contribution in [-0.2, 0) is 0 Å². The molecule has 0 radical (unpaired) electrons. The van der Waals surface area contributed by atoms with Gasteiger partial charge in [-0.3, -0.25) is 0 Å². The lowest BCUT2D eigenvalue weighted by Crippen LogP contribution is -2.10. The van der Waals surface area contributed by atoms with E-state index < -0.39 is 5.97 Å². The third-order valence-electron chi connectivity index (χ3n) is 2.46. The minimum absolute atomic E-state index is 0.323. The number of carbonyl (C=O) groups is 1. The van der Waals surface area contributed by atoms with Crippen molar-refractivity contribution >= 4 is 11.7 Å². The smallest absolute Gasteiger partial charge is 0.335 e. The van der Waals surface area contributed by atoms with E-state index in [0.29, 0.717) is 11.5 Å². The van der Waals surface area contributed by atoms with Gasteiger partial charge in [0.15, 0.2) is 0 Å². The molecule has 0 saturated heterocycles. The van der Waals surface area contributed by atoms with Crippen molar-refractivity contribution in [2.75, 3.05) is 11.9 Å². The number of benzene rings is 1. The van der Waals surface area contributed by atoms with Crippen LogP contribution < -0.4 is 5.32 Å². The number of nitrogens with one attached hydrogen (secondary N) is 1. The van der Waals surface area contributed by atoms with E-state index >= 15 is 0 Å². The van der Waals surface area contributed by atoms with Crippen LogP contribution in [0.4, 0.5) is 5.69 Å². The van der Waals surface area contributed by atoms with Gasteiger partial charge in [0.1, 0.15) is 0 Å². The highest BCUT2D eigenvalue weighted by Crippen LogP contribution is 2.11. The zero-order valence-electron chi connectivity index (χ0n) is 9.16. The van der Waals surface area contributed by atoms with Gasteiger partial charge in [-0.05, 0) is 24.1 Å². The lowest BCUT2D eigenvalue weighted by atomic mass is 10.1. The van der Waals surface area contributed by atoms with Crippen molar-refractivity contribution < 1.29 is 9.90 Å². The maximum absolute atomic E-state index is 10.7. The van der Waals surface area contributed by atoms with Gasteiger partial charge in [-0.1, -0.05) is 26.3 Å². The molecular weight excluding hydrogens is 190 g/mol. The zero-order chi connectivity index (χ0) is 11.3. The van der Waals surface area contributed by atoms with Crippen LogP contribution in [0, 0.1) is 5.92 Å². The summed E-state index contributed by atoms with van der Waals surface area (Å²) in [5.41, 5.74) is 1.19. The second kappa shape index (κ2) is 5.39. The highest BCUT2D eigenvalue weighted by atomic mass is 16.4. The monoisotopic (exact) mass is 207 g/mol. The lowest BCUT2D eigenvalue weighted by Gasteiger charge is -2.11. The second-order valence-corrected chi connectivity index (χ2v) is 3.78. The fourth-order valence-corrected chi connectivity index (χ4v) is 1.20. The summed E-state index contributed by atoms with van der Waals surface area (Å²) in [5, 5.41) is 12.0. The molecule has 82 valence electrons. The van der Waals surface area contributed by atoms with E-state index in [9.17, 15) is 4.79 Å². The molecular formula is C12H17NO2. The van der Waals surface area contributed by atoms with Gasteiger partial charge < -0.3 is 10.4 Å². The molecule has 2 N–H and O–H groups in total. The Morgan fingerprint density at radius 3 is 2.87 bits per heavy atom. The minimum Gasteiger partial charge on any atom is -0.478 e. The van der Waals surface area contributed by atoms with E-state index in [1.807, 2.05) is 6.07 Å². The first-order chi connectivity index (χ1) is 7.13. The summed E-state index contributed by atoms with van der Waals surface area (Å²) in [6, 6.07) is 6.89. The quantitative estimate of drug-likeness (QED) is 0.780. The van der Waals surface area contributed by atoms with Gasteiger partial charge in [0.25, 0.3) is 0 Å². The Labute approximate surface area is 90.1 Å². The molecule has 1 aromatic carbocycles. The first kappa shape index (κ1) is 11.6. The number of aromatic carboxylic acids is 1. The Kier molecular flexibility index (Phi) is 4.16. The third-order valence-corrected chi connectivity index (χ3v) is 2.46. The zero-order valence-corrected chi connectivity index (χ0v) is 9.16. The van der Waals surface area contributed by atoms with Crippen molar-refractivity contribution in [3.63, 3.8) is 0 Å². The van der Waals surface area contributed by atoms with Crippen LogP contribution in [-0.4, -0.2) is 17.6 Å². The number of hydrogen-bond donors (Lipinski definition) is 2. The Bertz CT molecular complexity index is 336. The summed E-state index contributed by atoms with van der Waals surface area (Å²) >= 11 is 0. The first-order valence-electron chi connectivity index (χ1n) is 5.20. The summed E-state index contributed by atoms with van der Waals surface area (Å²) in [6.45, 7) is 5.17. The Morgan fingerprint density at radius 1 is 1.53 bits per heavy atom. The molecule has 3 nitrogen and oxygen atoms in total. The maximum atomic E-state index is 10.7. The lowest BCUT2D eigenvalue weighted by molar-refractivity contribution is 0.0697. The summed E-state index contributed by atoms with van der Waals surface area (Å²) < 4.78 is 0. The van der Waals surface area contributed by atoms with E-state index in [1.165, 1.54) is 0 Å². The summed E-state index contributed by atoms with van der Waals surface area (Å²) in [7, 11) is 0. The van der Waals surface area contributed by atoms with Gasteiger partial charge in [0.05, 0.1) is 5.56 Å². The Balaban J connectivity index is 2.62. The molecule has 1 atom stereocenters. The van der Waals surface area contributed by atoms with Crippen molar-refractivity contribution in [1.82, 2.24) is 0 Å². The SMILES string of the molecule is CCC(C)CNc1cccc(C(=O)O)c1. The van der Waals surface area contributed by atoms with Crippen molar-refractivity contribution in [2.45, 2.75) is 20.3 Å². The molecule has 0 aliphatic carbocycles. The average molecular weight is 207 g/mol. The van der Waals surface area contributed by atoms with Gasteiger partial charge in [0.2, 0.25) is 0 Å². The number of hydrogen-bond acceptors (Lipinski definition) is 2. The molecule has 0 amide bonds. The summed E-state index contributed by atoms with van der Waals surface area (Å²) in [6.07, 6.45) is 1.12. The molecule has 0 saturated carbocycles. The fourth-order valence-electron chi connectivity index (χ4n) is 1.20. The van der Waals surface area contributed by atoms with Crippen molar-refractivity contribution in [1.29, 1.82) is 0 Å². The van der Waals surface area contributed by atoms with Crippen LogP contribution >= 0.6 is 0 Å². The topological polar surface area (TPSA) is 49.3 Å². The number of anilines is 1.